The van der Waals surface area contributed by atoms with Gasteiger partial charge >= 0.3 is 0 Å². The van der Waals surface area contributed by atoms with Crippen LogP contribution in [0.25, 0.3) is 0 Å². The molecule has 1 aromatic heterocycles. The van der Waals surface area contributed by atoms with E-state index in [1.807, 2.05) is 10.9 Å². The molecular formula is C12H22N4. The number of hydrogen-bond donors (Lipinski definition) is 1. The average molecular weight is 222 g/mol. The van der Waals surface area contributed by atoms with Gasteiger partial charge in [0.25, 0.3) is 0 Å². The number of aryl methyl sites for hydroxylation is 1. The molecule has 0 unspecified atom stereocenters. The van der Waals surface area contributed by atoms with Crippen molar-refractivity contribution in [2.24, 2.45) is 0 Å². The van der Waals surface area contributed by atoms with Crippen LogP contribution in [0.4, 0.5) is 0 Å². The largest absolute Gasteiger partial charge is 0.312 e. The highest BCUT2D eigenvalue weighted by Crippen LogP contribution is 2.07. The molecule has 0 spiro atoms. The number of piperazine rings is 1. The third-order valence-electron chi connectivity index (χ3n) is 3.00. The Labute approximate surface area is 97.6 Å². The lowest BCUT2D eigenvalue weighted by Gasteiger charge is -2.31. The minimum atomic E-state index is 0.611. The summed E-state index contributed by atoms with van der Waals surface area (Å²) in [4.78, 5) is 2.49. The van der Waals surface area contributed by atoms with Crippen LogP contribution in [0, 0.1) is 0 Å². The molecular weight excluding hydrogens is 200 g/mol. The van der Waals surface area contributed by atoms with E-state index in [9.17, 15) is 0 Å². The van der Waals surface area contributed by atoms with Gasteiger partial charge in [-0.2, -0.15) is 5.10 Å². The summed E-state index contributed by atoms with van der Waals surface area (Å²) in [5.41, 5.74) is 1.34. The Morgan fingerprint density at radius 1 is 1.56 bits per heavy atom. The van der Waals surface area contributed by atoms with Crippen LogP contribution in [0.1, 0.15) is 25.8 Å². The maximum Gasteiger partial charge on any atom is 0.0534 e. The Balaban J connectivity index is 1.87. The minimum absolute atomic E-state index is 0.611. The van der Waals surface area contributed by atoms with Crippen LogP contribution in [0.5, 0.6) is 0 Å². The molecule has 0 aliphatic carbocycles. The van der Waals surface area contributed by atoms with E-state index in [1.54, 1.807) is 0 Å². The van der Waals surface area contributed by atoms with E-state index in [4.69, 9.17) is 0 Å². The maximum atomic E-state index is 4.36. The summed E-state index contributed by atoms with van der Waals surface area (Å²) in [5, 5.41) is 7.83. The highest BCUT2D eigenvalue weighted by Gasteiger charge is 2.15. The van der Waals surface area contributed by atoms with Gasteiger partial charge in [-0.3, -0.25) is 9.58 Å². The number of aromatic nitrogens is 2. The summed E-state index contributed by atoms with van der Waals surface area (Å²) in [7, 11) is 0. The summed E-state index contributed by atoms with van der Waals surface area (Å²) < 4.78 is 2.04. The highest BCUT2D eigenvalue weighted by molar-refractivity contribution is 5.04. The van der Waals surface area contributed by atoms with E-state index < -0.39 is 0 Å². The SMILES string of the molecule is CCCn1cc(CN2CCN[C@H](C)C2)cn1. The first-order chi connectivity index (χ1) is 7.78. The topological polar surface area (TPSA) is 33.1 Å². The molecule has 1 aromatic rings. The molecule has 0 radical (unpaired) electrons. The van der Waals surface area contributed by atoms with Gasteiger partial charge in [-0.1, -0.05) is 6.92 Å². The van der Waals surface area contributed by atoms with Crippen molar-refractivity contribution in [1.82, 2.24) is 20.0 Å². The van der Waals surface area contributed by atoms with Crippen molar-refractivity contribution in [3.8, 4) is 0 Å². The first-order valence-electron chi connectivity index (χ1n) is 6.25. The van der Waals surface area contributed by atoms with Crippen molar-refractivity contribution in [3.63, 3.8) is 0 Å². The number of nitrogens with zero attached hydrogens (tertiary/aromatic N) is 3. The van der Waals surface area contributed by atoms with Crippen LogP contribution in [0.3, 0.4) is 0 Å². The molecule has 0 amide bonds. The number of hydrogen-bond acceptors (Lipinski definition) is 3. The van der Waals surface area contributed by atoms with E-state index in [0.717, 1.165) is 39.1 Å². The molecule has 16 heavy (non-hydrogen) atoms. The summed E-state index contributed by atoms with van der Waals surface area (Å²) in [5.74, 6) is 0. The fourth-order valence-electron chi connectivity index (χ4n) is 2.25. The molecule has 1 fully saturated rings. The van der Waals surface area contributed by atoms with Gasteiger partial charge in [0.15, 0.2) is 0 Å². The molecule has 1 aliphatic heterocycles. The molecule has 2 rings (SSSR count). The molecule has 4 heteroatoms. The standard InChI is InChI=1S/C12H22N4/c1-3-5-16-10-12(7-14-16)9-15-6-4-13-11(2)8-15/h7,10-11,13H,3-6,8-9H2,1-2H3/t11-/m1/s1. The second-order valence-electron chi connectivity index (χ2n) is 4.70. The molecule has 4 nitrogen and oxygen atoms in total. The van der Waals surface area contributed by atoms with Crippen molar-refractivity contribution >= 4 is 0 Å². The zero-order valence-corrected chi connectivity index (χ0v) is 10.3. The van der Waals surface area contributed by atoms with Crippen molar-refractivity contribution in [1.29, 1.82) is 0 Å². The second kappa shape index (κ2) is 5.46. The van der Waals surface area contributed by atoms with Crippen LogP contribution < -0.4 is 5.32 Å². The van der Waals surface area contributed by atoms with E-state index in [1.165, 1.54) is 5.56 Å². The first kappa shape index (κ1) is 11.6. The van der Waals surface area contributed by atoms with Gasteiger partial charge in [-0.05, 0) is 13.3 Å². The Morgan fingerprint density at radius 2 is 2.44 bits per heavy atom. The predicted octanol–water partition coefficient (Wildman–Crippen LogP) is 1.09. The zero-order chi connectivity index (χ0) is 11.4. The molecule has 2 heterocycles. The summed E-state index contributed by atoms with van der Waals surface area (Å²) in [6.07, 6.45) is 5.32. The molecule has 0 aromatic carbocycles. The van der Waals surface area contributed by atoms with Gasteiger partial charge in [0.2, 0.25) is 0 Å². The smallest absolute Gasteiger partial charge is 0.0534 e. The average Bonchev–Trinajstić information content (AvgIpc) is 2.66. The monoisotopic (exact) mass is 222 g/mol. The van der Waals surface area contributed by atoms with E-state index in [2.05, 4.69) is 35.4 Å². The minimum Gasteiger partial charge on any atom is -0.312 e. The van der Waals surface area contributed by atoms with Crippen LogP contribution in [0.2, 0.25) is 0 Å². The third kappa shape index (κ3) is 3.06. The molecule has 1 aliphatic rings. The normalized spacial score (nSPS) is 22.5. The lowest BCUT2D eigenvalue weighted by molar-refractivity contribution is 0.199. The quantitative estimate of drug-likeness (QED) is 0.828. The van der Waals surface area contributed by atoms with Gasteiger partial charge in [-0.25, -0.2) is 0 Å². The molecule has 1 saturated heterocycles. The maximum absolute atomic E-state index is 4.36. The fourth-order valence-corrected chi connectivity index (χ4v) is 2.25. The predicted molar refractivity (Wildman–Crippen MR) is 65.3 cm³/mol. The zero-order valence-electron chi connectivity index (χ0n) is 10.3. The van der Waals surface area contributed by atoms with Crippen LogP contribution in [0.15, 0.2) is 12.4 Å². The Morgan fingerprint density at radius 3 is 3.19 bits per heavy atom. The fraction of sp³-hybridized carbons (Fsp3) is 0.750. The molecule has 90 valence electrons. The summed E-state index contributed by atoms with van der Waals surface area (Å²) in [6, 6.07) is 0.611. The summed E-state index contributed by atoms with van der Waals surface area (Å²) in [6.45, 7) is 9.87. The van der Waals surface area contributed by atoms with Crippen LogP contribution in [-0.4, -0.2) is 40.4 Å². The van der Waals surface area contributed by atoms with E-state index >= 15 is 0 Å². The Kier molecular flexibility index (Phi) is 3.96. The molecule has 0 bridgehead atoms. The number of nitrogens with one attached hydrogen (secondary N) is 1. The van der Waals surface area contributed by atoms with Crippen molar-refractivity contribution in [3.05, 3.63) is 18.0 Å². The molecule has 1 atom stereocenters. The van der Waals surface area contributed by atoms with Crippen molar-refractivity contribution < 1.29 is 0 Å². The summed E-state index contributed by atoms with van der Waals surface area (Å²) >= 11 is 0. The van der Waals surface area contributed by atoms with Gasteiger partial charge in [-0.15, -0.1) is 0 Å². The second-order valence-corrected chi connectivity index (χ2v) is 4.70. The van der Waals surface area contributed by atoms with E-state index in [-0.39, 0.29) is 0 Å². The van der Waals surface area contributed by atoms with Crippen LogP contribution >= 0.6 is 0 Å². The van der Waals surface area contributed by atoms with Gasteiger partial charge in [0.05, 0.1) is 6.20 Å². The number of rotatable bonds is 4. The molecule has 0 saturated carbocycles. The third-order valence-corrected chi connectivity index (χ3v) is 3.00. The Hall–Kier alpha value is -0.870. The lowest BCUT2D eigenvalue weighted by Crippen LogP contribution is -2.48. The van der Waals surface area contributed by atoms with Crippen LogP contribution in [-0.2, 0) is 13.1 Å². The van der Waals surface area contributed by atoms with Crippen molar-refractivity contribution in [2.45, 2.75) is 39.4 Å². The lowest BCUT2D eigenvalue weighted by atomic mass is 10.2. The Bertz CT molecular complexity index is 321. The first-order valence-corrected chi connectivity index (χ1v) is 6.25. The van der Waals surface area contributed by atoms with Gasteiger partial charge in [0.1, 0.15) is 0 Å². The molecule has 1 N–H and O–H groups in total. The van der Waals surface area contributed by atoms with Gasteiger partial charge in [0, 0.05) is 50.5 Å². The van der Waals surface area contributed by atoms with Crippen molar-refractivity contribution in [2.75, 3.05) is 19.6 Å². The van der Waals surface area contributed by atoms with Gasteiger partial charge < -0.3 is 5.32 Å². The van der Waals surface area contributed by atoms with E-state index in [0.29, 0.717) is 6.04 Å². The highest BCUT2D eigenvalue weighted by atomic mass is 15.3.